The highest BCUT2D eigenvalue weighted by molar-refractivity contribution is 7.73. The molecule has 5 nitrogen and oxygen atoms in total. The lowest BCUT2D eigenvalue weighted by atomic mass is 10.2. The lowest BCUT2D eigenvalue weighted by Gasteiger charge is -2.20. The summed E-state index contributed by atoms with van der Waals surface area (Å²) in [5.74, 6) is -0.0926. The normalized spacial score (nSPS) is 17.7. The van der Waals surface area contributed by atoms with Crippen LogP contribution in [0, 0.1) is 9.77 Å². The standard InChI is InChI=1S/C19H23FN4OS2/c1-2-17(25)24(16-9-10-16)18-21-23(19(26)27-18)12-22(15-7-8-15)11-13-3-5-14(20)6-4-13/h3-6,15-16H,2,7-12H2,1H3/p+1. The van der Waals surface area contributed by atoms with Crippen LogP contribution < -0.4 is 9.80 Å². The van der Waals surface area contributed by atoms with Crippen molar-refractivity contribution < 1.29 is 14.1 Å². The van der Waals surface area contributed by atoms with Crippen molar-refractivity contribution in [2.24, 2.45) is 0 Å². The number of benzene rings is 1. The van der Waals surface area contributed by atoms with Crippen molar-refractivity contribution in [3.63, 3.8) is 0 Å². The third kappa shape index (κ3) is 4.44. The predicted molar refractivity (Wildman–Crippen MR) is 106 cm³/mol. The summed E-state index contributed by atoms with van der Waals surface area (Å²) in [5.41, 5.74) is 1.11. The number of hydrogen-bond acceptors (Lipinski definition) is 4. The third-order valence-electron chi connectivity index (χ3n) is 5.14. The van der Waals surface area contributed by atoms with Gasteiger partial charge in [-0.05, 0) is 37.2 Å². The molecule has 0 bridgehead atoms. The van der Waals surface area contributed by atoms with E-state index in [0.717, 1.165) is 30.1 Å². The number of aromatic nitrogens is 2. The van der Waals surface area contributed by atoms with Gasteiger partial charge in [0.05, 0.1) is 6.04 Å². The number of halogens is 1. The second kappa shape index (κ2) is 7.77. The topological polar surface area (TPSA) is 42.6 Å². The van der Waals surface area contributed by atoms with Crippen LogP contribution >= 0.6 is 23.6 Å². The average Bonchev–Trinajstić information content (AvgIpc) is 3.56. The number of amides is 1. The summed E-state index contributed by atoms with van der Waals surface area (Å²) in [6, 6.07) is 7.60. The van der Waals surface area contributed by atoms with E-state index in [1.165, 1.54) is 41.2 Å². The third-order valence-corrected chi connectivity index (χ3v) is 6.44. The first-order valence-electron chi connectivity index (χ1n) is 9.54. The summed E-state index contributed by atoms with van der Waals surface area (Å²) >= 11 is 6.97. The fourth-order valence-corrected chi connectivity index (χ4v) is 4.52. The van der Waals surface area contributed by atoms with Crippen LogP contribution in [0.2, 0.25) is 0 Å². The van der Waals surface area contributed by atoms with Gasteiger partial charge in [-0.3, -0.25) is 9.69 Å². The first-order chi connectivity index (χ1) is 13.0. The summed E-state index contributed by atoms with van der Waals surface area (Å²) in [5, 5.41) is 5.43. The molecule has 4 rings (SSSR count). The molecule has 1 N–H and O–H groups in total. The minimum Gasteiger partial charge on any atom is -0.310 e. The van der Waals surface area contributed by atoms with Gasteiger partial charge in [0.25, 0.3) is 0 Å². The van der Waals surface area contributed by atoms with Gasteiger partial charge in [0.2, 0.25) is 11.0 Å². The van der Waals surface area contributed by atoms with Gasteiger partial charge >= 0.3 is 0 Å². The van der Waals surface area contributed by atoms with Crippen LogP contribution in [0.3, 0.4) is 0 Å². The maximum atomic E-state index is 13.2. The van der Waals surface area contributed by atoms with Gasteiger partial charge in [-0.1, -0.05) is 30.4 Å². The highest BCUT2D eigenvalue weighted by Gasteiger charge is 2.36. The average molecular weight is 408 g/mol. The largest absolute Gasteiger partial charge is 0.310 e. The van der Waals surface area contributed by atoms with E-state index >= 15 is 0 Å². The molecular formula is C19H24FN4OS2+. The monoisotopic (exact) mass is 407 g/mol. The number of carbonyl (C=O) groups excluding carboxylic acids is 1. The maximum absolute atomic E-state index is 13.2. The molecule has 0 spiro atoms. The van der Waals surface area contributed by atoms with Crippen molar-refractivity contribution in [1.29, 1.82) is 0 Å². The number of carbonyl (C=O) groups is 1. The number of quaternary nitrogens is 1. The first-order valence-corrected chi connectivity index (χ1v) is 10.8. The molecule has 1 heterocycles. The minimum atomic E-state index is -0.209. The zero-order chi connectivity index (χ0) is 19.0. The van der Waals surface area contributed by atoms with Gasteiger partial charge in [-0.15, -0.1) is 5.10 Å². The highest BCUT2D eigenvalue weighted by Crippen LogP contribution is 2.33. The molecule has 27 heavy (non-hydrogen) atoms. The van der Waals surface area contributed by atoms with E-state index in [1.807, 2.05) is 28.6 Å². The van der Waals surface area contributed by atoms with Crippen LogP contribution in [0.15, 0.2) is 24.3 Å². The van der Waals surface area contributed by atoms with E-state index in [2.05, 4.69) is 0 Å². The number of nitrogens with zero attached hydrogens (tertiary/aromatic N) is 3. The molecule has 2 aromatic rings. The summed E-state index contributed by atoms with van der Waals surface area (Å²) in [6.07, 6.45) is 4.96. The molecule has 1 amide bonds. The molecule has 1 aromatic carbocycles. The highest BCUT2D eigenvalue weighted by atomic mass is 32.1. The zero-order valence-electron chi connectivity index (χ0n) is 15.4. The maximum Gasteiger partial charge on any atom is 0.228 e. The van der Waals surface area contributed by atoms with Crippen LogP contribution in [-0.2, 0) is 18.0 Å². The first kappa shape index (κ1) is 18.7. The Morgan fingerprint density at radius 1 is 1.33 bits per heavy atom. The molecule has 2 saturated carbocycles. The van der Waals surface area contributed by atoms with Gasteiger partial charge < -0.3 is 4.90 Å². The Balaban J connectivity index is 1.52. The number of nitrogens with one attached hydrogen (secondary N) is 1. The van der Waals surface area contributed by atoms with E-state index in [-0.39, 0.29) is 17.8 Å². The van der Waals surface area contributed by atoms with Crippen molar-refractivity contribution in [3.05, 3.63) is 39.6 Å². The molecule has 2 aliphatic rings. The lowest BCUT2D eigenvalue weighted by Crippen LogP contribution is -3.11. The second-order valence-electron chi connectivity index (χ2n) is 7.39. The summed E-state index contributed by atoms with van der Waals surface area (Å²) < 4.78 is 15.7. The molecular weight excluding hydrogens is 383 g/mol. The smallest absolute Gasteiger partial charge is 0.228 e. The van der Waals surface area contributed by atoms with Crippen molar-refractivity contribution in [2.75, 3.05) is 4.90 Å². The molecule has 144 valence electrons. The van der Waals surface area contributed by atoms with Crippen LogP contribution in [0.25, 0.3) is 0 Å². The Kier molecular flexibility index (Phi) is 5.39. The van der Waals surface area contributed by atoms with E-state index < -0.39 is 0 Å². The Morgan fingerprint density at radius 2 is 2.04 bits per heavy atom. The number of rotatable bonds is 8. The Labute approximate surface area is 167 Å². The SMILES string of the molecule is CCC(=O)N(c1nn(C[NH+](Cc2ccc(F)cc2)C2CC2)c(=S)s1)C1CC1. The van der Waals surface area contributed by atoms with E-state index in [1.54, 1.807) is 0 Å². The van der Waals surface area contributed by atoms with E-state index in [0.29, 0.717) is 23.1 Å². The molecule has 0 aliphatic heterocycles. The molecule has 1 aromatic heterocycles. The van der Waals surface area contributed by atoms with Crippen LogP contribution in [0.1, 0.15) is 44.6 Å². The van der Waals surface area contributed by atoms with Crippen LogP contribution in [0.5, 0.6) is 0 Å². The van der Waals surface area contributed by atoms with Gasteiger partial charge in [-0.2, -0.15) is 4.68 Å². The Hall–Kier alpha value is -1.64. The van der Waals surface area contributed by atoms with Gasteiger partial charge in [0.1, 0.15) is 12.4 Å². The minimum absolute atomic E-state index is 0.117. The molecule has 8 heteroatoms. The Morgan fingerprint density at radius 3 is 2.63 bits per heavy atom. The second-order valence-corrected chi connectivity index (χ2v) is 8.99. The number of hydrogen-bond donors (Lipinski definition) is 1. The molecule has 0 radical (unpaired) electrons. The zero-order valence-corrected chi connectivity index (χ0v) is 17.0. The Bertz CT molecular complexity index is 871. The summed E-state index contributed by atoms with van der Waals surface area (Å²) in [7, 11) is 0. The van der Waals surface area contributed by atoms with E-state index in [9.17, 15) is 9.18 Å². The van der Waals surface area contributed by atoms with Crippen molar-refractivity contribution in [3.8, 4) is 0 Å². The lowest BCUT2D eigenvalue weighted by molar-refractivity contribution is -0.947. The van der Waals surface area contributed by atoms with Crippen molar-refractivity contribution in [1.82, 2.24) is 9.78 Å². The van der Waals surface area contributed by atoms with Gasteiger partial charge in [-0.25, -0.2) is 4.39 Å². The quantitative estimate of drug-likeness (QED) is 0.684. The molecule has 2 aliphatic carbocycles. The predicted octanol–water partition coefficient (Wildman–Crippen LogP) is 2.92. The summed E-state index contributed by atoms with van der Waals surface area (Å²) in [4.78, 5) is 15.6. The van der Waals surface area contributed by atoms with Crippen LogP contribution in [-0.4, -0.2) is 27.8 Å². The van der Waals surface area contributed by atoms with Crippen molar-refractivity contribution >= 4 is 34.6 Å². The van der Waals surface area contributed by atoms with Crippen molar-refractivity contribution in [2.45, 2.75) is 64.3 Å². The van der Waals surface area contributed by atoms with Crippen LogP contribution in [0.4, 0.5) is 9.52 Å². The van der Waals surface area contributed by atoms with Gasteiger partial charge in [0, 0.05) is 30.9 Å². The number of anilines is 1. The summed E-state index contributed by atoms with van der Waals surface area (Å²) in [6.45, 7) is 3.38. The molecule has 2 fully saturated rings. The fourth-order valence-electron chi connectivity index (χ4n) is 3.34. The van der Waals surface area contributed by atoms with Gasteiger partial charge in [0.15, 0.2) is 10.6 Å². The molecule has 1 atom stereocenters. The molecule has 1 unspecified atom stereocenters. The molecule has 0 saturated heterocycles. The fraction of sp³-hybridized carbons (Fsp3) is 0.526. The van der Waals surface area contributed by atoms with E-state index in [4.69, 9.17) is 17.3 Å².